The minimum Gasteiger partial charge on any atom is -0.478 e. The van der Waals surface area contributed by atoms with Gasteiger partial charge in [0.05, 0.1) is 12.2 Å². The zero-order valence-electron chi connectivity index (χ0n) is 12.2. The lowest BCUT2D eigenvalue weighted by Crippen LogP contribution is -2.50. The normalized spacial score (nSPS) is 24.3. The molecule has 5 nitrogen and oxygen atoms in total. The maximum Gasteiger partial charge on any atom is 0.335 e. The Hall–Kier alpha value is -1.43. The van der Waals surface area contributed by atoms with Gasteiger partial charge in [-0.3, -0.25) is 9.80 Å². The van der Waals surface area contributed by atoms with Crippen LogP contribution in [0.2, 0.25) is 0 Å². The fourth-order valence-corrected chi connectivity index (χ4v) is 3.11. The Labute approximate surface area is 125 Å². The lowest BCUT2D eigenvalue weighted by molar-refractivity contribution is 0.0696. The van der Waals surface area contributed by atoms with Gasteiger partial charge in [-0.15, -0.1) is 0 Å². The molecule has 21 heavy (non-hydrogen) atoms. The van der Waals surface area contributed by atoms with Gasteiger partial charge in [-0.05, 0) is 24.1 Å². The van der Waals surface area contributed by atoms with Crippen molar-refractivity contribution < 1.29 is 14.6 Å². The van der Waals surface area contributed by atoms with Gasteiger partial charge in [0.1, 0.15) is 0 Å². The second-order valence-corrected chi connectivity index (χ2v) is 5.83. The Bertz CT molecular complexity index is 475. The van der Waals surface area contributed by atoms with Crippen molar-refractivity contribution in [3.05, 3.63) is 35.4 Å². The molecule has 0 saturated carbocycles. The molecule has 2 saturated heterocycles. The molecule has 1 atom stereocenters. The summed E-state index contributed by atoms with van der Waals surface area (Å²) in [7, 11) is 0. The number of carboxylic acids is 1. The zero-order chi connectivity index (χ0) is 14.7. The van der Waals surface area contributed by atoms with Crippen LogP contribution in [-0.4, -0.2) is 66.3 Å². The van der Waals surface area contributed by atoms with Crippen LogP contribution in [0.1, 0.15) is 22.3 Å². The van der Waals surface area contributed by atoms with Gasteiger partial charge in [-0.1, -0.05) is 12.1 Å². The molecule has 2 heterocycles. The SMILES string of the molecule is O=C(O)c1ccc(CN2CCN(C3CCOC3)CC2)cc1. The Kier molecular flexibility index (Phi) is 4.53. The van der Waals surface area contributed by atoms with E-state index in [4.69, 9.17) is 9.84 Å². The minimum atomic E-state index is -0.867. The van der Waals surface area contributed by atoms with Crippen LogP contribution in [0.4, 0.5) is 0 Å². The summed E-state index contributed by atoms with van der Waals surface area (Å²) in [5.74, 6) is -0.867. The minimum absolute atomic E-state index is 0.352. The number of hydrogen-bond donors (Lipinski definition) is 1. The van der Waals surface area contributed by atoms with E-state index in [1.807, 2.05) is 12.1 Å². The van der Waals surface area contributed by atoms with Crippen LogP contribution in [0, 0.1) is 0 Å². The molecule has 0 spiro atoms. The first kappa shape index (κ1) is 14.5. The molecule has 2 fully saturated rings. The second kappa shape index (κ2) is 6.56. The van der Waals surface area contributed by atoms with E-state index in [-0.39, 0.29) is 0 Å². The highest BCUT2D eigenvalue weighted by molar-refractivity contribution is 5.87. The summed E-state index contributed by atoms with van der Waals surface area (Å²) in [6.07, 6.45) is 1.16. The summed E-state index contributed by atoms with van der Waals surface area (Å²) in [5.41, 5.74) is 1.53. The molecular weight excluding hydrogens is 268 g/mol. The third kappa shape index (κ3) is 3.61. The Morgan fingerprint density at radius 1 is 1.19 bits per heavy atom. The average molecular weight is 290 g/mol. The topological polar surface area (TPSA) is 53.0 Å². The highest BCUT2D eigenvalue weighted by atomic mass is 16.5. The maximum absolute atomic E-state index is 10.8. The molecule has 5 heteroatoms. The number of nitrogens with zero attached hydrogens (tertiary/aromatic N) is 2. The van der Waals surface area contributed by atoms with Gasteiger partial charge in [0.15, 0.2) is 0 Å². The monoisotopic (exact) mass is 290 g/mol. The van der Waals surface area contributed by atoms with E-state index in [0.717, 1.165) is 52.4 Å². The van der Waals surface area contributed by atoms with Crippen LogP contribution in [-0.2, 0) is 11.3 Å². The summed E-state index contributed by atoms with van der Waals surface area (Å²) in [4.78, 5) is 15.8. The van der Waals surface area contributed by atoms with Crippen LogP contribution in [0.3, 0.4) is 0 Å². The van der Waals surface area contributed by atoms with Crippen molar-refractivity contribution in [3.63, 3.8) is 0 Å². The van der Waals surface area contributed by atoms with Crippen molar-refractivity contribution in [2.45, 2.75) is 19.0 Å². The van der Waals surface area contributed by atoms with Crippen molar-refractivity contribution in [1.82, 2.24) is 9.80 Å². The Balaban J connectivity index is 1.49. The highest BCUT2D eigenvalue weighted by Crippen LogP contribution is 2.16. The van der Waals surface area contributed by atoms with Gasteiger partial charge < -0.3 is 9.84 Å². The van der Waals surface area contributed by atoms with Gasteiger partial charge in [0, 0.05) is 45.4 Å². The summed E-state index contributed by atoms with van der Waals surface area (Å²) in [6.45, 7) is 7.02. The van der Waals surface area contributed by atoms with E-state index < -0.39 is 5.97 Å². The van der Waals surface area contributed by atoms with Gasteiger partial charge >= 0.3 is 5.97 Å². The smallest absolute Gasteiger partial charge is 0.335 e. The first-order valence-corrected chi connectivity index (χ1v) is 7.59. The molecule has 1 aromatic carbocycles. The molecule has 0 aliphatic carbocycles. The molecule has 1 N–H and O–H groups in total. The number of benzene rings is 1. The van der Waals surface area contributed by atoms with Crippen molar-refractivity contribution in [2.75, 3.05) is 39.4 Å². The number of ether oxygens (including phenoxy) is 1. The van der Waals surface area contributed by atoms with Crippen molar-refractivity contribution in [3.8, 4) is 0 Å². The molecule has 3 rings (SSSR count). The van der Waals surface area contributed by atoms with Gasteiger partial charge in [0.25, 0.3) is 0 Å². The third-order valence-corrected chi connectivity index (χ3v) is 4.44. The highest BCUT2D eigenvalue weighted by Gasteiger charge is 2.26. The van der Waals surface area contributed by atoms with Crippen LogP contribution < -0.4 is 0 Å². The van der Waals surface area contributed by atoms with E-state index >= 15 is 0 Å². The molecule has 0 aromatic heterocycles. The molecule has 114 valence electrons. The van der Waals surface area contributed by atoms with Gasteiger partial charge in [-0.2, -0.15) is 0 Å². The molecule has 0 bridgehead atoms. The number of carbonyl (C=O) groups is 1. The van der Waals surface area contributed by atoms with E-state index in [0.29, 0.717) is 11.6 Å². The summed E-state index contributed by atoms with van der Waals surface area (Å²) in [6, 6.07) is 7.82. The van der Waals surface area contributed by atoms with E-state index in [1.165, 1.54) is 5.56 Å². The van der Waals surface area contributed by atoms with Crippen LogP contribution in [0.25, 0.3) is 0 Å². The van der Waals surface area contributed by atoms with Gasteiger partial charge in [-0.25, -0.2) is 4.79 Å². The molecule has 0 amide bonds. The van der Waals surface area contributed by atoms with E-state index in [9.17, 15) is 4.79 Å². The lowest BCUT2D eigenvalue weighted by Gasteiger charge is -2.37. The fraction of sp³-hybridized carbons (Fsp3) is 0.562. The fourth-order valence-electron chi connectivity index (χ4n) is 3.11. The van der Waals surface area contributed by atoms with Crippen LogP contribution in [0.15, 0.2) is 24.3 Å². The van der Waals surface area contributed by atoms with Crippen molar-refractivity contribution >= 4 is 5.97 Å². The number of aromatic carboxylic acids is 1. The second-order valence-electron chi connectivity index (χ2n) is 5.83. The zero-order valence-corrected chi connectivity index (χ0v) is 12.2. The molecule has 1 aromatic rings. The van der Waals surface area contributed by atoms with Crippen molar-refractivity contribution in [1.29, 1.82) is 0 Å². The predicted molar refractivity (Wildman–Crippen MR) is 79.5 cm³/mol. The van der Waals surface area contributed by atoms with Crippen LogP contribution in [0.5, 0.6) is 0 Å². The van der Waals surface area contributed by atoms with Gasteiger partial charge in [0.2, 0.25) is 0 Å². The molecule has 1 unspecified atom stereocenters. The van der Waals surface area contributed by atoms with Crippen molar-refractivity contribution in [2.24, 2.45) is 0 Å². The largest absolute Gasteiger partial charge is 0.478 e. The van der Waals surface area contributed by atoms with Crippen LogP contribution >= 0.6 is 0 Å². The maximum atomic E-state index is 10.8. The van der Waals surface area contributed by atoms with E-state index in [2.05, 4.69) is 9.80 Å². The third-order valence-electron chi connectivity index (χ3n) is 4.44. The standard InChI is InChI=1S/C16H22N2O3/c19-16(20)14-3-1-13(2-4-14)11-17-6-8-18(9-7-17)15-5-10-21-12-15/h1-4,15H,5-12H2,(H,19,20). The summed E-state index contributed by atoms with van der Waals surface area (Å²) >= 11 is 0. The number of hydrogen-bond acceptors (Lipinski definition) is 4. The number of rotatable bonds is 4. The molecule has 0 radical (unpaired) electrons. The predicted octanol–water partition coefficient (Wildman–Crippen LogP) is 1.29. The average Bonchev–Trinajstić information content (AvgIpc) is 3.03. The quantitative estimate of drug-likeness (QED) is 0.905. The Morgan fingerprint density at radius 3 is 2.48 bits per heavy atom. The Morgan fingerprint density at radius 2 is 1.90 bits per heavy atom. The van der Waals surface area contributed by atoms with E-state index in [1.54, 1.807) is 12.1 Å². The summed E-state index contributed by atoms with van der Waals surface area (Å²) in [5, 5.41) is 8.90. The molecular formula is C16H22N2O3. The summed E-state index contributed by atoms with van der Waals surface area (Å²) < 4.78 is 5.46. The molecule has 2 aliphatic rings. The number of piperazine rings is 1. The first-order chi connectivity index (χ1) is 10.2. The number of carboxylic acid groups (broad SMARTS) is 1. The first-order valence-electron chi connectivity index (χ1n) is 7.59. The lowest BCUT2D eigenvalue weighted by atomic mass is 10.1. The molecule has 2 aliphatic heterocycles.